The van der Waals surface area contributed by atoms with Crippen molar-refractivity contribution in [3.8, 4) is 46.0 Å². The molecule has 1 aliphatic carbocycles. The lowest BCUT2D eigenvalue weighted by molar-refractivity contribution is -0.145. The number of benzene rings is 9. The van der Waals surface area contributed by atoms with Crippen molar-refractivity contribution in [2.75, 3.05) is 111 Å². The van der Waals surface area contributed by atoms with Crippen molar-refractivity contribution in [2.24, 2.45) is 21.7 Å². The molecule has 5 saturated heterocycles. The summed E-state index contributed by atoms with van der Waals surface area (Å²) >= 11 is 24.3. The molecule has 1 saturated carbocycles. The molecule has 5 aliphatic heterocycles. The van der Waals surface area contributed by atoms with Crippen molar-refractivity contribution in [1.29, 1.82) is 0 Å². The number of anilines is 1. The van der Waals surface area contributed by atoms with Crippen LogP contribution >= 0.6 is 46.4 Å². The van der Waals surface area contributed by atoms with Gasteiger partial charge in [-0.15, -0.1) is 0 Å². The third-order valence-corrected chi connectivity index (χ3v) is 27.3. The van der Waals surface area contributed by atoms with Gasteiger partial charge in [0.15, 0.2) is 0 Å². The molecule has 5 heterocycles. The van der Waals surface area contributed by atoms with Crippen LogP contribution in [0.4, 0.5) is 5.69 Å². The molecular weight excluding hydrogens is 1670 g/mol. The molecule has 15 rings (SSSR count). The SMILES string of the molecule is CCN(C)C(=O)C1(CCOc2ccccc2)CCN(Cc2ccc(O)c(Cl)c2)CC1.O=C(N1CCCC1)C1(CCOc2ccccc2)CCN(Cc2ccc(O)c(Cl)c2)CC1.O=C(NC1CCCC1)C1(CCOc2ccccc2)CCN(Cc2ccc(O)c(Cl)c2)CC1.O=C(Nc1ccccc1)C1(CCOc2ccccc2)CCN(Cc2ccc(O)c(Cl)c2)CC1. The van der Waals surface area contributed by atoms with Crippen LogP contribution in [0.15, 0.2) is 224 Å². The number of nitrogens with zero attached hydrogens (tertiary/aromatic N) is 6. The number of aromatic hydroxyl groups is 4. The van der Waals surface area contributed by atoms with E-state index in [2.05, 4.69) is 35.1 Å². The van der Waals surface area contributed by atoms with Crippen LogP contribution < -0.4 is 29.6 Å². The van der Waals surface area contributed by atoms with Gasteiger partial charge in [-0.1, -0.05) is 175 Å². The first-order valence-corrected chi connectivity index (χ1v) is 46.3. The number of hydrogen-bond donors (Lipinski definition) is 6. The van der Waals surface area contributed by atoms with Gasteiger partial charge in [-0.3, -0.25) is 38.8 Å². The smallest absolute Gasteiger partial charge is 0.230 e. The van der Waals surface area contributed by atoms with Crippen LogP contribution in [0.3, 0.4) is 0 Å². The van der Waals surface area contributed by atoms with E-state index in [1.807, 2.05) is 213 Å². The third-order valence-electron chi connectivity index (χ3n) is 26.1. The summed E-state index contributed by atoms with van der Waals surface area (Å²) in [5.41, 5.74) is 3.46. The lowest BCUT2D eigenvalue weighted by Gasteiger charge is -2.42. The van der Waals surface area contributed by atoms with Crippen LogP contribution in [0, 0.1) is 21.7 Å². The number of rotatable bonds is 31. The van der Waals surface area contributed by atoms with E-state index in [0.717, 1.165) is 232 Å². The first kappa shape index (κ1) is 95.4. The second-order valence-corrected chi connectivity index (χ2v) is 36.2. The fourth-order valence-electron chi connectivity index (χ4n) is 18.0. The lowest BCUT2D eigenvalue weighted by Crippen LogP contribution is -2.51. The van der Waals surface area contributed by atoms with Crippen LogP contribution in [0.1, 0.15) is 145 Å². The molecule has 126 heavy (non-hydrogen) atoms. The Bertz CT molecular complexity index is 4870. The van der Waals surface area contributed by atoms with Crippen molar-refractivity contribution in [2.45, 2.75) is 155 Å². The molecule has 672 valence electrons. The molecule has 24 heteroatoms. The van der Waals surface area contributed by atoms with Crippen LogP contribution in [0.2, 0.25) is 20.1 Å². The number of likely N-dealkylation sites (tertiary alicyclic amines) is 5. The number of piperidine rings is 4. The molecule has 0 bridgehead atoms. The number of carbonyl (C=O) groups is 4. The summed E-state index contributed by atoms with van der Waals surface area (Å²) in [6.07, 6.45) is 16.1. The number of phenolic OH excluding ortho intramolecular Hbond substituents is 4. The number of nitrogens with one attached hydrogen (secondary N) is 2. The summed E-state index contributed by atoms with van der Waals surface area (Å²) in [5.74, 6) is 4.55. The van der Waals surface area contributed by atoms with Crippen LogP contribution in [0.25, 0.3) is 0 Å². The highest BCUT2D eigenvalue weighted by atomic mass is 35.5. The Morgan fingerprint density at radius 1 is 0.373 bits per heavy atom. The molecule has 0 aromatic heterocycles. The van der Waals surface area contributed by atoms with Crippen molar-refractivity contribution in [3.05, 3.63) is 267 Å². The standard InChI is InChI=1S/C27H29ClN2O3.C26H33ClN2O3.C25H31ClN2O3.C24H31ClN2O3/c28-24-19-21(11-12-25(24)31)20-30-16-13-27(14-17-30,15-18-33-23-9-5-2-6-10-23)26(32)29-22-7-3-1-4-8-22;27-23-18-20(10-11-24(23)30)19-29-15-12-26(13-16-29,25(31)28-21-6-4-5-7-21)14-17-32-22-8-2-1-3-9-22;26-22-18-20(8-9-23(22)29)19-27-15-10-25(11-16-27,24(30)28-13-4-5-14-28)12-17-31-21-6-2-1-3-7-21;1-3-26(2)23(29)24(13-16-30-20-7-5-4-6-8-20)11-14-27(15-12-24)18-19-9-10-22(28)21(25)17-19/h1-12,19,31H,13-18,20H2,(H,29,32);1-3,8-11,18,21,30H,4-7,12-17,19H2,(H,28,31);1-3,6-9,18,29H,4-5,10-17,19H2;4-10,17,28H,3,11-16,18H2,1-2H3. The van der Waals surface area contributed by atoms with Gasteiger partial charge < -0.3 is 59.8 Å². The molecule has 9 aromatic rings. The van der Waals surface area contributed by atoms with E-state index in [9.17, 15) is 39.6 Å². The summed E-state index contributed by atoms with van der Waals surface area (Å²) in [4.78, 5) is 67.0. The normalized spacial score (nSPS) is 17.4. The van der Waals surface area contributed by atoms with Gasteiger partial charge in [0, 0.05) is 64.6 Å². The topological polar surface area (TPSA) is 230 Å². The van der Waals surface area contributed by atoms with Crippen LogP contribution in [-0.2, 0) is 45.4 Å². The first-order valence-electron chi connectivity index (χ1n) is 44.8. The maximum absolute atomic E-state index is 13.5. The summed E-state index contributed by atoms with van der Waals surface area (Å²) in [7, 11) is 1.88. The Morgan fingerprint density at radius 3 is 0.976 bits per heavy atom. The number of para-hydroxylation sites is 5. The number of amides is 4. The largest absolute Gasteiger partial charge is 0.506 e. The van der Waals surface area contributed by atoms with Gasteiger partial charge in [0.1, 0.15) is 46.0 Å². The minimum atomic E-state index is -0.492. The van der Waals surface area contributed by atoms with Gasteiger partial charge in [0.2, 0.25) is 23.6 Å². The van der Waals surface area contributed by atoms with Crippen molar-refractivity contribution < 1.29 is 58.6 Å². The second kappa shape index (κ2) is 47.4. The minimum absolute atomic E-state index is 0.0534. The molecule has 0 radical (unpaired) electrons. The molecule has 6 aliphatic rings. The van der Waals surface area contributed by atoms with Crippen molar-refractivity contribution in [3.63, 3.8) is 0 Å². The molecule has 6 N–H and O–H groups in total. The minimum Gasteiger partial charge on any atom is -0.506 e. The predicted octanol–water partition coefficient (Wildman–Crippen LogP) is 20.2. The number of carbonyl (C=O) groups excluding carboxylic acids is 4. The Balaban J connectivity index is 0.000000153. The summed E-state index contributed by atoms with van der Waals surface area (Å²) < 4.78 is 23.8. The molecule has 20 nitrogen and oxygen atoms in total. The van der Waals surface area contributed by atoms with Crippen molar-refractivity contribution >= 4 is 75.7 Å². The summed E-state index contributed by atoms with van der Waals surface area (Å²) in [6.45, 7) is 16.3. The number of phenols is 4. The molecule has 0 atom stereocenters. The predicted molar refractivity (Wildman–Crippen MR) is 501 cm³/mol. The number of ether oxygens (including phenoxy) is 4. The van der Waals surface area contributed by atoms with E-state index in [-0.39, 0.29) is 57.0 Å². The molecule has 6 fully saturated rings. The van der Waals surface area contributed by atoms with E-state index in [0.29, 0.717) is 77.9 Å². The molecule has 0 unspecified atom stereocenters. The molecule has 0 spiro atoms. The van der Waals surface area contributed by atoms with E-state index in [4.69, 9.17) is 65.4 Å². The van der Waals surface area contributed by atoms with E-state index in [1.54, 1.807) is 30.3 Å². The monoisotopic (exact) mass is 1790 g/mol. The van der Waals surface area contributed by atoms with E-state index in [1.165, 1.54) is 12.8 Å². The fourth-order valence-corrected chi connectivity index (χ4v) is 18.8. The van der Waals surface area contributed by atoms with Crippen LogP contribution in [-0.4, -0.2) is 185 Å². The lowest BCUT2D eigenvalue weighted by atomic mass is 9.74. The molecule has 4 amide bonds. The molecular formula is C102H124Cl4N8O12. The third kappa shape index (κ3) is 27.6. The van der Waals surface area contributed by atoms with Gasteiger partial charge >= 0.3 is 0 Å². The Morgan fingerprint density at radius 2 is 0.659 bits per heavy atom. The second-order valence-electron chi connectivity index (χ2n) is 34.6. The number of hydrogen-bond acceptors (Lipinski definition) is 16. The van der Waals surface area contributed by atoms with Crippen LogP contribution in [0.5, 0.6) is 46.0 Å². The van der Waals surface area contributed by atoms with Crippen molar-refractivity contribution in [1.82, 2.24) is 34.7 Å². The highest BCUT2D eigenvalue weighted by Gasteiger charge is 2.47. The van der Waals surface area contributed by atoms with E-state index >= 15 is 0 Å². The van der Waals surface area contributed by atoms with Gasteiger partial charge in [0.25, 0.3) is 0 Å². The molecule has 9 aromatic carbocycles. The van der Waals surface area contributed by atoms with Gasteiger partial charge in [-0.05, 0) is 293 Å². The number of halogens is 4. The zero-order valence-corrected chi connectivity index (χ0v) is 75.9. The Labute approximate surface area is 764 Å². The average Bonchev–Trinajstić information content (AvgIpc) is 1.25. The highest BCUT2D eigenvalue weighted by Crippen LogP contribution is 2.44. The average molecular weight is 1800 g/mol. The summed E-state index contributed by atoms with van der Waals surface area (Å²) in [5, 5.41) is 46.6. The highest BCUT2D eigenvalue weighted by molar-refractivity contribution is 6.33. The quantitative estimate of drug-likeness (QED) is 0.0237. The summed E-state index contributed by atoms with van der Waals surface area (Å²) in [6, 6.07) is 70.4. The zero-order valence-electron chi connectivity index (χ0n) is 72.9. The van der Waals surface area contributed by atoms with Gasteiger partial charge in [-0.25, -0.2) is 0 Å². The maximum Gasteiger partial charge on any atom is 0.230 e. The Kier molecular flexibility index (Phi) is 35.8. The zero-order chi connectivity index (χ0) is 88.7. The van der Waals surface area contributed by atoms with E-state index < -0.39 is 5.41 Å². The maximum atomic E-state index is 13.5. The fraction of sp³-hybridized carbons (Fsp3) is 0.431. The first-order chi connectivity index (χ1) is 61.1. The van der Waals surface area contributed by atoms with Gasteiger partial charge in [-0.2, -0.15) is 0 Å². The van der Waals surface area contributed by atoms with Gasteiger partial charge in [0.05, 0.1) is 68.2 Å². The Hall–Kier alpha value is -9.74.